The number of aromatic nitrogens is 1. The second-order valence-electron chi connectivity index (χ2n) is 4.49. The first-order valence-electron chi connectivity index (χ1n) is 5.45. The zero-order valence-electron chi connectivity index (χ0n) is 8.40. The van der Waals surface area contributed by atoms with Crippen LogP contribution >= 0.6 is 11.3 Å². The van der Waals surface area contributed by atoms with Gasteiger partial charge >= 0.3 is 5.97 Å². The number of rotatable bonds is 3. The molecular weight excluding hydrogens is 210 g/mol. The van der Waals surface area contributed by atoms with E-state index in [1.807, 2.05) is 0 Å². The topological polar surface area (TPSA) is 50.2 Å². The fourth-order valence-electron chi connectivity index (χ4n) is 2.17. The van der Waals surface area contributed by atoms with Crippen molar-refractivity contribution in [2.45, 2.75) is 38.0 Å². The quantitative estimate of drug-likeness (QED) is 0.854. The molecule has 3 nitrogen and oxygen atoms in total. The number of carboxylic acids is 1. The highest BCUT2D eigenvalue weighted by Crippen LogP contribution is 2.39. The average Bonchev–Trinajstić information content (AvgIpc) is 2.72. The van der Waals surface area contributed by atoms with Crippen LogP contribution < -0.4 is 0 Å². The van der Waals surface area contributed by atoms with Crippen molar-refractivity contribution in [3.63, 3.8) is 0 Å². The van der Waals surface area contributed by atoms with Crippen molar-refractivity contribution in [2.75, 3.05) is 0 Å². The second kappa shape index (κ2) is 3.30. The van der Waals surface area contributed by atoms with E-state index < -0.39 is 5.97 Å². The lowest BCUT2D eigenvalue weighted by Gasteiger charge is -2.00. The fraction of sp³-hybridized carbons (Fsp3) is 0.636. The molecule has 1 aromatic rings. The number of aryl methyl sites for hydroxylation is 1. The Morgan fingerprint density at radius 2 is 2.27 bits per heavy atom. The molecule has 0 aliphatic heterocycles. The van der Waals surface area contributed by atoms with E-state index >= 15 is 0 Å². The normalized spacial score (nSPS) is 24.1. The van der Waals surface area contributed by atoms with E-state index in [1.165, 1.54) is 17.7 Å². The standard InChI is InChI=1S/C11H13NO2S/c13-11(14)7-3-4-8-10(7)12-9(15-8)5-6-1-2-6/h6-7H,1-5H2,(H,13,14). The first-order valence-corrected chi connectivity index (χ1v) is 6.27. The summed E-state index contributed by atoms with van der Waals surface area (Å²) in [5.74, 6) is -0.208. The maximum Gasteiger partial charge on any atom is 0.312 e. The minimum absolute atomic E-state index is 0.329. The van der Waals surface area contributed by atoms with Gasteiger partial charge in [-0.05, 0) is 31.6 Å². The molecule has 0 spiro atoms. The Hall–Kier alpha value is -0.900. The maximum atomic E-state index is 11.0. The number of thiazole rings is 1. The first-order chi connectivity index (χ1) is 7.24. The largest absolute Gasteiger partial charge is 0.481 e. The summed E-state index contributed by atoms with van der Waals surface area (Å²) in [5, 5.41) is 10.2. The zero-order valence-corrected chi connectivity index (χ0v) is 9.22. The van der Waals surface area contributed by atoms with Crippen LogP contribution in [0.1, 0.15) is 40.8 Å². The van der Waals surface area contributed by atoms with Crippen molar-refractivity contribution < 1.29 is 9.90 Å². The summed E-state index contributed by atoms with van der Waals surface area (Å²) in [7, 11) is 0. The van der Waals surface area contributed by atoms with Gasteiger partial charge in [-0.2, -0.15) is 0 Å². The van der Waals surface area contributed by atoms with Crippen LogP contribution in [0.15, 0.2) is 0 Å². The molecule has 0 amide bonds. The van der Waals surface area contributed by atoms with E-state index in [1.54, 1.807) is 11.3 Å². The number of hydrogen-bond donors (Lipinski definition) is 1. The summed E-state index contributed by atoms with van der Waals surface area (Å²) >= 11 is 1.74. The van der Waals surface area contributed by atoms with Gasteiger partial charge in [0.25, 0.3) is 0 Å². The molecule has 0 aromatic carbocycles. The van der Waals surface area contributed by atoms with Gasteiger partial charge in [0.15, 0.2) is 0 Å². The third-order valence-corrected chi connectivity index (χ3v) is 4.37. The number of carboxylic acid groups (broad SMARTS) is 1. The molecule has 3 rings (SSSR count). The highest BCUT2D eigenvalue weighted by molar-refractivity contribution is 7.11. The molecule has 0 bridgehead atoms. The van der Waals surface area contributed by atoms with Crippen molar-refractivity contribution in [2.24, 2.45) is 5.92 Å². The fourth-order valence-corrected chi connectivity index (χ4v) is 3.43. The monoisotopic (exact) mass is 223 g/mol. The second-order valence-corrected chi connectivity index (χ2v) is 5.66. The summed E-state index contributed by atoms with van der Waals surface area (Å²) in [6, 6.07) is 0. The lowest BCUT2D eigenvalue weighted by molar-refractivity contribution is -0.138. The molecule has 1 N–H and O–H groups in total. The van der Waals surface area contributed by atoms with Gasteiger partial charge in [0, 0.05) is 11.3 Å². The van der Waals surface area contributed by atoms with Crippen LogP contribution in [-0.2, 0) is 17.6 Å². The van der Waals surface area contributed by atoms with Gasteiger partial charge in [-0.3, -0.25) is 4.79 Å². The van der Waals surface area contributed by atoms with Gasteiger partial charge < -0.3 is 5.11 Å². The number of fused-ring (bicyclic) bond motifs is 1. The number of nitrogens with zero attached hydrogens (tertiary/aromatic N) is 1. The molecule has 4 heteroatoms. The van der Waals surface area contributed by atoms with E-state index in [0.29, 0.717) is 0 Å². The van der Waals surface area contributed by atoms with E-state index in [4.69, 9.17) is 5.11 Å². The van der Waals surface area contributed by atoms with Gasteiger partial charge in [-0.15, -0.1) is 11.3 Å². The van der Waals surface area contributed by atoms with Crippen molar-refractivity contribution in [1.82, 2.24) is 4.98 Å². The minimum atomic E-state index is -0.711. The van der Waals surface area contributed by atoms with Crippen molar-refractivity contribution in [1.29, 1.82) is 0 Å². The highest BCUT2D eigenvalue weighted by atomic mass is 32.1. The molecule has 80 valence electrons. The lowest BCUT2D eigenvalue weighted by atomic mass is 10.1. The summed E-state index contributed by atoms with van der Waals surface area (Å²) in [6.45, 7) is 0. The van der Waals surface area contributed by atoms with Crippen LogP contribution in [0.3, 0.4) is 0 Å². The van der Waals surface area contributed by atoms with Gasteiger partial charge in [-0.1, -0.05) is 0 Å². The zero-order chi connectivity index (χ0) is 10.4. The van der Waals surface area contributed by atoms with Gasteiger partial charge in [-0.25, -0.2) is 4.98 Å². The van der Waals surface area contributed by atoms with Gasteiger partial charge in [0.1, 0.15) is 5.92 Å². The van der Waals surface area contributed by atoms with Crippen molar-refractivity contribution in [3.05, 3.63) is 15.6 Å². The van der Waals surface area contributed by atoms with E-state index in [0.717, 1.165) is 35.9 Å². The van der Waals surface area contributed by atoms with Gasteiger partial charge in [0.2, 0.25) is 0 Å². The summed E-state index contributed by atoms with van der Waals surface area (Å²) in [4.78, 5) is 16.7. The minimum Gasteiger partial charge on any atom is -0.481 e. The molecule has 1 heterocycles. The number of aliphatic carboxylic acids is 1. The molecular formula is C11H13NO2S. The Morgan fingerprint density at radius 3 is 2.93 bits per heavy atom. The van der Waals surface area contributed by atoms with Crippen LogP contribution in [0.5, 0.6) is 0 Å². The van der Waals surface area contributed by atoms with E-state index in [-0.39, 0.29) is 5.92 Å². The smallest absolute Gasteiger partial charge is 0.312 e. The molecule has 0 radical (unpaired) electrons. The van der Waals surface area contributed by atoms with Crippen LogP contribution in [-0.4, -0.2) is 16.1 Å². The summed E-state index contributed by atoms with van der Waals surface area (Å²) in [5.41, 5.74) is 0.864. The first kappa shape index (κ1) is 9.33. The van der Waals surface area contributed by atoms with Gasteiger partial charge in [0.05, 0.1) is 10.7 Å². The Kier molecular flexibility index (Phi) is 2.06. The molecule has 2 aliphatic rings. The molecule has 1 unspecified atom stereocenters. The van der Waals surface area contributed by atoms with E-state index in [9.17, 15) is 4.79 Å². The summed E-state index contributed by atoms with van der Waals surface area (Å²) in [6.07, 6.45) is 5.38. The third-order valence-electron chi connectivity index (χ3n) is 3.22. The third kappa shape index (κ3) is 1.67. The Morgan fingerprint density at radius 1 is 1.47 bits per heavy atom. The number of hydrogen-bond acceptors (Lipinski definition) is 3. The molecule has 1 aromatic heterocycles. The number of carbonyl (C=O) groups is 1. The van der Waals surface area contributed by atoms with Crippen LogP contribution in [0.2, 0.25) is 0 Å². The highest BCUT2D eigenvalue weighted by Gasteiger charge is 2.33. The average molecular weight is 223 g/mol. The van der Waals surface area contributed by atoms with Crippen LogP contribution in [0.25, 0.3) is 0 Å². The Bertz CT molecular complexity index is 409. The maximum absolute atomic E-state index is 11.0. The molecule has 2 aliphatic carbocycles. The molecule has 0 saturated heterocycles. The van der Waals surface area contributed by atoms with E-state index in [2.05, 4.69) is 4.98 Å². The summed E-state index contributed by atoms with van der Waals surface area (Å²) < 4.78 is 0. The van der Waals surface area contributed by atoms with Crippen molar-refractivity contribution >= 4 is 17.3 Å². The SMILES string of the molecule is O=C(O)C1CCc2sc(CC3CC3)nc21. The molecule has 1 atom stereocenters. The Balaban J connectivity index is 1.84. The Labute approximate surface area is 92.2 Å². The van der Waals surface area contributed by atoms with Crippen LogP contribution in [0, 0.1) is 5.92 Å². The van der Waals surface area contributed by atoms with Crippen LogP contribution in [0.4, 0.5) is 0 Å². The molecule has 1 saturated carbocycles. The molecule has 1 fully saturated rings. The molecule has 15 heavy (non-hydrogen) atoms. The van der Waals surface area contributed by atoms with Crippen molar-refractivity contribution in [3.8, 4) is 0 Å². The lowest BCUT2D eigenvalue weighted by Crippen LogP contribution is -2.08. The predicted octanol–water partition coefficient (Wildman–Crippen LogP) is 2.21. The predicted molar refractivity (Wildman–Crippen MR) is 57.2 cm³/mol.